The van der Waals surface area contributed by atoms with Crippen molar-refractivity contribution in [3.05, 3.63) is 71.8 Å². The Morgan fingerprint density at radius 1 is 0.857 bits per heavy atom. The van der Waals surface area contributed by atoms with E-state index in [4.69, 9.17) is 14.2 Å². The monoisotopic (exact) mass is 495 g/mol. The van der Waals surface area contributed by atoms with E-state index in [1.165, 1.54) is 26.4 Å². The van der Waals surface area contributed by atoms with Crippen molar-refractivity contribution >= 4 is 15.7 Å². The molecule has 4 aromatic rings. The highest BCUT2D eigenvalue weighted by Crippen LogP contribution is 2.30. The third-order valence-corrected chi connectivity index (χ3v) is 6.42. The topological polar surface area (TPSA) is 117 Å². The lowest BCUT2D eigenvalue weighted by atomic mass is 10.3. The molecule has 0 saturated heterocycles. The molecule has 0 aliphatic heterocycles. The van der Waals surface area contributed by atoms with Crippen molar-refractivity contribution in [1.29, 1.82) is 0 Å². The number of benzene rings is 2. The van der Waals surface area contributed by atoms with Gasteiger partial charge in [0.2, 0.25) is 5.88 Å². The zero-order valence-corrected chi connectivity index (χ0v) is 20.8. The van der Waals surface area contributed by atoms with Gasteiger partial charge in [0.25, 0.3) is 10.0 Å². The molecule has 0 spiro atoms. The number of aromatic nitrogens is 4. The van der Waals surface area contributed by atoms with E-state index in [-0.39, 0.29) is 10.6 Å². The fraction of sp³-hybridized carbons (Fsp3) is 0.208. The van der Waals surface area contributed by atoms with Gasteiger partial charge in [0, 0.05) is 23.5 Å². The summed E-state index contributed by atoms with van der Waals surface area (Å²) in [6.07, 6.45) is 0. The van der Waals surface area contributed by atoms with Crippen molar-refractivity contribution in [3.63, 3.8) is 0 Å². The quantitative estimate of drug-likeness (QED) is 0.387. The molecule has 0 aliphatic carbocycles. The molecule has 4 rings (SSSR count). The molecule has 0 atom stereocenters. The SMILES string of the molecule is COc1ccc(OC)c(S(=O)(=O)Nc2ccc(Oc3cc(-n4nc(C)cc4C)nc(C)n3)cc2)c1. The summed E-state index contributed by atoms with van der Waals surface area (Å²) < 4.78 is 46.4. The maximum Gasteiger partial charge on any atom is 0.265 e. The fourth-order valence-electron chi connectivity index (χ4n) is 3.46. The predicted molar refractivity (Wildman–Crippen MR) is 130 cm³/mol. The average molecular weight is 496 g/mol. The molecular formula is C24H25N5O5S. The Bertz CT molecular complexity index is 1470. The number of hydrogen-bond donors (Lipinski definition) is 1. The van der Waals surface area contributed by atoms with E-state index in [0.29, 0.717) is 34.7 Å². The van der Waals surface area contributed by atoms with Gasteiger partial charge in [0.1, 0.15) is 28.0 Å². The number of aryl methyl sites for hydroxylation is 3. The number of methoxy groups -OCH3 is 2. The number of sulfonamides is 1. The van der Waals surface area contributed by atoms with E-state index in [0.717, 1.165) is 11.4 Å². The highest BCUT2D eigenvalue weighted by atomic mass is 32.2. The molecule has 2 heterocycles. The van der Waals surface area contributed by atoms with Crippen molar-refractivity contribution in [1.82, 2.24) is 19.7 Å². The second-order valence-corrected chi connectivity index (χ2v) is 9.35. The van der Waals surface area contributed by atoms with Crippen molar-refractivity contribution in [2.45, 2.75) is 25.7 Å². The van der Waals surface area contributed by atoms with Crippen molar-refractivity contribution in [2.75, 3.05) is 18.9 Å². The van der Waals surface area contributed by atoms with Crippen molar-refractivity contribution in [2.24, 2.45) is 0 Å². The van der Waals surface area contributed by atoms with Gasteiger partial charge in [-0.05, 0) is 63.2 Å². The van der Waals surface area contributed by atoms with E-state index < -0.39 is 10.0 Å². The minimum Gasteiger partial charge on any atom is -0.497 e. The molecule has 182 valence electrons. The third-order valence-electron chi connectivity index (χ3n) is 5.02. The largest absolute Gasteiger partial charge is 0.497 e. The predicted octanol–water partition coefficient (Wildman–Crippen LogP) is 4.20. The lowest BCUT2D eigenvalue weighted by Crippen LogP contribution is -2.14. The Morgan fingerprint density at radius 3 is 2.20 bits per heavy atom. The molecule has 1 N–H and O–H groups in total. The summed E-state index contributed by atoms with van der Waals surface area (Å²) in [5.41, 5.74) is 2.17. The van der Waals surface area contributed by atoms with Crippen LogP contribution in [0.3, 0.4) is 0 Å². The highest BCUT2D eigenvalue weighted by Gasteiger charge is 2.21. The van der Waals surface area contributed by atoms with Crippen LogP contribution in [0, 0.1) is 20.8 Å². The fourth-order valence-corrected chi connectivity index (χ4v) is 4.71. The van der Waals surface area contributed by atoms with Crippen LogP contribution in [0.5, 0.6) is 23.1 Å². The van der Waals surface area contributed by atoms with Crippen LogP contribution in [0.15, 0.2) is 59.5 Å². The molecule has 2 aromatic carbocycles. The number of nitrogens with one attached hydrogen (secondary N) is 1. The van der Waals surface area contributed by atoms with Crippen molar-refractivity contribution < 1.29 is 22.6 Å². The lowest BCUT2D eigenvalue weighted by Gasteiger charge is -2.13. The van der Waals surface area contributed by atoms with Crippen LogP contribution in [0.25, 0.3) is 5.82 Å². The van der Waals surface area contributed by atoms with Crippen LogP contribution in [0.4, 0.5) is 5.69 Å². The van der Waals surface area contributed by atoms with E-state index in [2.05, 4.69) is 19.8 Å². The molecule has 2 aromatic heterocycles. The molecule has 11 heteroatoms. The number of nitrogens with zero attached hydrogens (tertiary/aromatic N) is 4. The van der Waals surface area contributed by atoms with Crippen LogP contribution in [-0.4, -0.2) is 42.4 Å². The van der Waals surface area contributed by atoms with Crippen molar-refractivity contribution in [3.8, 4) is 28.9 Å². The first-order valence-electron chi connectivity index (χ1n) is 10.6. The Balaban J connectivity index is 1.54. The summed E-state index contributed by atoms with van der Waals surface area (Å²) in [4.78, 5) is 8.74. The Kier molecular flexibility index (Phi) is 6.61. The summed E-state index contributed by atoms with van der Waals surface area (Å²) >= 11 is 0. The normalized spacial score (nSPS) is 11.2. The molecule has 0 bridgehead atoms. The number of hydrogen-bond acceptors (Lipinski definition) is 8. The number of anilines is 1. The van der Waals surface area contributed by atoms with Gasteiger partial charge in [0.05, 0.1) is 19.9 Å². The van der Waals surface area contributed by atoms with Crippen LogP contribution >= 0.6 is 0 Å². The van der Waals surface area contributed by atoms with Gasteiger partial charge in [-0.2, -0.15) is 10.1 Å². The number of ether oxygens (including phenoxy) is 3. The molecular weight excluding hydrogens is 470 g/mol. The van der Waals surface area contributed by atoms with Gasteiger partial charge in [-0.1, -0.05) is 0 Å². The van der Waals surface area contributed by atoms with Gasteiger partial charge in [-0.25, -0.2) is 18.1 Å². The standard InChI is InChI=1S/C24H25N5O5S/c1-15-12-16(2)29(27-15)23-14-24(26-17(3)25-23)34-19-8-6-18(7-9-19)28-35(30,31)22-13-20(32-4)10-11-21(22)33-5/h6-14,28H,1-5H3. The second kappa shape index (κ2) is 9.63. The first kappa shape index (κ1) is 24.0. The molecule has 0 radical (unpaired) electrons. The first-order chi connectivity index (χ1) is 16.7. The maximum absolute atomic E-state index is 13.0. The van der Waals surface area contributed by atoms with Gasteiger partial charge in [-0.3, -0.25) is 4.72 Å². The lowest BCUT2D eigenvalue weighted by molar-refractivity contribution is 0.392. The Morgan fingerprint density at radius 2 is 1.57 bits per heavy atom. The zero-order valence-electron chi connectivity index (χ0n) is 19.9. The average Bonchev–Trinajstić information content (AvgIpc) is 3.17. The van der Waals surface area contributed by atoms with Crippen LogP contribution in [-0.2, 0) is 10.0 Å². The molecule has 35 heavy (non-hydrogen) atoms. The van der Waals surface area contributed by atoms with Crippen LogP contribution in [0.2, 0.25) is 0 Å². The third kappa shape index (κ3) is 5.35. The molecule has 0 amide bonds. The summed E-state index contributed by atoms with van der Waals surface area (Å²) in [5, 5.41) is 4.45. The molecule has 0 saturated carbocycles. The summed E-state index contributed by atoms with van der Waals surface area (Å²) in [7, 11) is -1.06. The first-order valence-corrected chi connectivity index (χ1v) is 12.1. The van der Waals surface area contributed by atoms with Gasteiger partial charge < -0.3 is 14.2 Å². The Hall–Kier alpha value is -4.12. The van der Waals surface area contributed by atoms with Gasteiger partial charge in [0.15, 0.2) is 5.82 Å². The van der Waals surface area contributed by atoms with Gasteiger partial charge in [-0.15, -0.1) is 0 Å². The van der Waals surface area contributed by atoms with E-state index >= 15 is 0 Å². The van der Waals surface area contributed by atoms with Crippen LogP contribution in [0.1, 0.15) is 17.2 Å². The smallest absolute Gasteiger partial charge is 0.265 e. The maximum atomic E-state index is 13.0. The van der Waals surface area contributed by atoms with Crippen LogP contribution < -0.4 is 18.9 Å². The minimum absolute atomic E-state index is 0.0344. The molecule has 0 aliphatic rings. The summed E-state index contributed by atoms with van der Waals surface area (Å²) in [5.74, 6) is 2.54. The Labute approximate surface area is 203 Å². The number of rotatable bonds is 8. The zero-order chi connectivity index (χ0) is 25.2. The molecule has 0 fully saturated rings. The van der Waals surface area contributed by atoms with E-state index in [1.807, 2.05) is 19.9 Å². The second-order valence-electron chi connectivity index (χ2n) is 7.70. The van der Waals surface area contributed by atoms with Gasteiger partial charge >= 0.3 is 0 Å². The van der Waals surface area contributed by atoms with E-state index in [9.17, 15) is 8.42 Å². The highest BCUT2D eigenvalue weighted by molar-refractivity contribution is 7.92. The van der Waals surface area contributed by atoms with E-state index in [1.54, 1.807) is 48.0 Å². The molecule has 10 nitrogen and oxygen atoms in total. The minimum atomic E-state index is -3.93. The molecule has 0 unspecified atom stereocenters. The summed E-state index contributed by atoms with van der Waals surface area (Å²) in [6, 6.07) is 14.7. The summed E-state index contributed by atoms with van der Waals surface area (Å²) in [6.45, 7) is 5.63.